The largest absolute Gasteiger partial charge is 0.481 e. The summed E-state index contributed by atoms with van der Waals surface area (Å²) in [4.78, 5) is 123. The van der Waals surface area contributed by atoms with Crippen molar-refractivity contribution in [1.29, 1.82) is 0 Å². The summed E-state index contributed by atoms with van der Waals surface area (Å²) < 4.78 is 12.2. The highest BCUT2D eigenvalue weighted by atomic mass is 28.4. The van der Waals surface area contributed by atoms with Crippen LogP contribution in [0.15, 0.2) is 0 Å². The van der Waals surface area contributed by atoms with Crippen molar-refractivity contribution in [2.75, 3.05) is 46.9 Å². The van der Waals surface area contributed by atoms with E-state index in [9.17, 15) is 24.3 Å². The number of likely N-dealkylation sites (tertiary alicyclic amines) is 3. The van der Waals surface area contributed by atoms with Crippen LogP contribution >= 0.6 is 0 Å². The van der Waals surface area contributed by atoms with Gasteiger partial charge in [0.05, 0.1) is 54.0 Å². The average Bonchev–Trinajstić information content (AvgIpc) is 3.81. The number of amides is 6. The Kier molecular flexibility index (Phi) is 26.6. The molecule has 8 atom stereocenters. The molecule has 0 saturated carbocycles. The SMILES string of the molecule is CCCCCCCCCCCCN1C(=O)C(CC(C)(C)C)C(C(C)(C)CC2C(=O)N(CCN(C)C)C(=O)C2C(C)(C)CC2C(=O)N(CCC[Si](C)(C)O[Si](C)(C)CCCC)C(=O)C2C(C)(C)CC(C(=O)O)C(C)C(=O)OCC)C1=O. The van der Waals surface area contributed by atoms with E-state index < -0.39 is 104 Å². The fourth-order valence-electron chi connectivity index (χ4n) is 14.1. The van der Waals surface area contributed by atoms with Crippen LogP contribution in [0.25, 0.3) is 0 Å². The lowest BCUT2D eigenvalue weighted by Crippen LogP contribution is -2.44. The number of carboxylic acids is 1. The molecule has 17 heteroatoms. The zero-order valence-corrected chi connectivity index (χ0v) is 55.9. The highest BCUT2D eigenvalue weighted by Crippen LogP contribution is 2.55. The number of imide groups is 3. The molecule has 1 N–H and O–H groups in total. The van der Waals surface area contributed by atoms with Crippen molar-refractivity contribution in [2.24, 2.45) is 69.0 Å². The van der Waals surface area contributed by atoms with E-state index in [2.05, 4.69) is 60.8 Å². The van der Waals surface area contributed by atoms with Crippen LogP contribution in [-0.2, 0) is 47.2 Å². The molecule has 15 nitrogen and oxygen atoms in total. The molecule has 3 aliphatic rings. The Morgan fingerprint density at radius 1 is 0.537 bits per heavy atom. The first-order chi connectivity index (χ1) is 36.9. The summed E-state index contributed by atoms with van der Waals surface area (Å²) >= 11 is 0. The Labute approximate surface area is 487 Å². The van der Waals surface area contributed by atoms with Gasteiger partial charge in [-0.25, -0.2) is 0 Å². The van der Waals surface area contributed by atoms with Crippen molar-refractivity contribution >= 4 is 64.0 Å². The molecular weight excluding hydrogens is 1040 g/mol. The third-order valence-corrected chi connectivity index (χ3v) is 25.6. The lowest BCUT2D eigenvalue weighted by molar-refractivity contribution is -0.158. The first-order valence-corrected chi connectivity index (χ1v) is 37.5. The molecule has 0 aliphatic carbocycles. The van der Waals surface area contributed by atoms with Gasteiger partial charge in [-0.3, -0.25) is 53.1 Å². The second-order valence-electron chi connectivity index (χ2n) is 29.4. The fourth-order valence-corrected chi connectivity index (χ4v) is 23.1. The molecule has 0 aromatic rings. The van der Waals surface area contributed by atoms with E-state index in [-0.39, 0.29) is 68.0 Å². The van der Waals surface area contributed by atoms with Gasteiger partial charge in [-0.05, 0) is 119 Å². The summed E-state index contributed by atoms with van der Waals surface area (Å²) in [6, 6.07) is 1.77. The molecule has 3 rings (SSSR count). The molecule has 0 bridgehead atoms. The van der Waals surface area contributed by atoms with Crippen LogP contribution in [0.4, 0.5) is 0 Å². The maximum absolute atomic E-state index is 15.3. The van der Waals surface area contributed by atoms with Gasteiger partial charge in [0, 0.05) is 26.2 Å². The molecule has 3 saturated heterocycles. The van der Waals surface area contributed by atoms with Gasteiger partial charge < -0.3 is 18.9 Å². The van der Waals surface area contributed by atoms with E-state index in [1.165, 1.54) is 60.1 Å². The van der Waals surface area contributed by atoms with Crippen LogP contribution in [0.2, 0.25) is 38.3 Å². The summed E-state index contributed by atoms with van der Waals surface area (Å²) in [5.74, 6) is -11.3. The molecule has 0 radical (unpaired) electrons. The zero-order chi connectivity index (χ0) is 60.9. The summed E-state index contributed by atoms with van der Waals surface area (Å²) in [5.41, 5.74) is -3.48. The van der Waals surface area contributed by atoms with Crippen molar-refractivity contribution in [3.8, 4) is 0 Å². The maximum atomic E-state index is 15.3. The topological polar surface area (TPSA) is 188 Å². The summed E-state index contributed by atoms with van der Waals surface area (Å²) in [5, 5.41) is 10.6. The van der Waals surface area contributed by atoms with Crippen molar-refractivity contribution in [3.63, 3.8) is 0 Å². The summed E-state index contributed by atoms with van der Waals surface area (Å²) in [6.45, 7) is 35.1. The van der Waals surface area contributed by atoms with Crippen LogP contribution < -0.4 is 0 Å². The second kappa shape index (κ2) is 30.0. The van der Waals surface area contributed by atoms with Crippen LogP contribution in [0.1, 0.15) is 199 Å². The van der Waals surface area contributed by atoms with Gasteiger partial charge in [0.25, 0.3) is 0 Å². The number of carbonyl (C=O) groups excluding carboxylic acids is 7. The number of unbranched alkanes of at least 4 members (excludes halogenated alkanes) is 10. The highest BCUT2D eigenvalue weighted by molar-refractivity contribution is 6.84. The van der Waals surface area contributed by atoms with Crippen molar-refractivity contribution in [3.05, 3.63) is 0 Å². The Balaban J connectivity index is 2.10. The lowest BCUT2D eigenvalue weighted by atomic mass is 9.59. The van der Waals surface area contributed by atoms with Gasteiger partial charge in [0.15, 0.2) is 16.6 Å². The minimum atomic E-state index is -2.23. The number of rotatable bonds is 37. The number of hydrogen-bond acceptors (Lipinski definition) is 11. The molecule has 0 aromatic carbocycles. The molecule has 6 amide bonds. The van der Waals surface area contributed by atoms with E-state index >= 15 is 19.2 Å². The van der Waals surface area contributed by atoms with Crippen LogP contribution in [-0.4, -0.2) is 136 Å². The van der Waals surface area contributed by atoms with E-state index in [1.807, 2.05) is 46.7 Å². The average molecular weight is 1160 g/mol. The molecule has 3 aliphatic heterocycles. The second-order valence-corrected chi connectivity index (χ2v) is 38.2. The monoisotopic (exact) mass is 1160 g/mol. The van der Waals surface area contributed by atoms with Crippen LogP contribution in [0.5, 0.6) is 0 Å². The number of aliphatic carboxylic acids is 1. The normalized spacial score (nSPS) is 22.7. The number of carbonyl (C=O) groups is 8. The van der Waals surface area contributed by atoms with E-state index in [0.717, 1.165) is 50.6 Å². The highest BCUT2D eigenvalue weighted by Gasteiger charge is 2.62. The van der Waals surface area contributed by atoms with Crippen molar-refractivity contribution in [2.45, 2.75) is 237 Å². The van der Waals surface area contributed by atoms with E-state index in [1.54, 1.807) is 20.8 Å². The van der Waals surface area contributed by atoms with E-state index in [0.29, 0.717) is 25.9 Å². The minimum absolute atomic E-state index is 0.0240. The molecule has 3 heterocycles. The fraction of sp³-hybridized carbons (Fsp3) is 0.873. The third-order valence-electron chi connectivity index (χ3n) is 18.1. The predicted molar refractivity (Wildman–Crippen MR) is 323 cm³/mol. The van der Waals surface area contributed by atoms with E-state index in [4.69, 9.17) is 8.85 Å². The van der Waals surface area contributed by atoms with Gasteiger partial charge in [-0.1, -0.05) is 154 Å². The lowest BCUT2D eigenvalue weighted by Gasteiger charge is -2.42. The number of carboxylic acid groups (broad SMARTS) is 1. The Bertz CT molecular complexity index is 2120. The van der Waals surface area contributed by atoms with Gasteiger partial charge in [0.2, 0.25) is 35.4 Å². The standard InChI is InChI=1S/C63H114N4O11Si2/c1-20-23-25-26-27-28-29-30-31-32-34-65-52(68)46(40-60(5,6)7)49(55(65)71)62(10,11)43-48-51(57(73)67(54(48)70)37-36-64(14)15)63(12,13)42-47-50(61(8,9)41-45(58(74)75)44(4)59(76)77-22-3)56(72)66(53(47)69)35-33-39-80(18,19)78-79(16,17)38-24-21-2/h44-51H,20-43H2,1-19H3,(H,74,75). The first-order valence-electron chi connectivity index (χ1n) is 31.2. The number of hydrogen-bond donors (Lipinski definition) is 1. The number of ether oxygens (including phenoxy) is 1. The molecular formula is C63H114N4O11Si2. The van der Waals surface area contributed by atoms with Crippen molar-refractivity contribution < 1.29 is 52.3 Å². The number of esters is 1. The Morgan fingerprint density at radius 3 is 1.31 bits per heavy atom. The van der Waals surface area contributed by atoms with Gasteiger partial charge >= 0.3 is 11.9 Å². The Hall–Kier alpha value is -3.29. The van der Waals surface area contributed by atoms with Gasteiger partial charge in [-0.15, -0.1) is 0 Å². The summed E-state index contributed by atoms with van der Waals surface area (Å²) in [7, 11) is -0.437. The Morgan fingerprint density at radius 2 is 0.912 bits per heavy atom. The third kappa shape index (κ3) is 19.4. The molecule has 0 aromatic heterocycles. The first kappa shape index (κ1) is 71.0. The van der Waals surface area contributed by atoms with Crippen LogP contribution in [0, 0.1) is 69.0 Å². The molecule has 460 valence electrons. The molecule has 80 heavy (non-hydrogen) atoms. The van der Waals surface area contributed by atoms with Gasteiger partial charge in [0.1, 0.15) is 0 Å². The molecule has 3 fully saturated rings. The number of likely N-dealkylation sites (N-methyl/N-ethyl adjacent to an activating group) is 1. The smallest absolute Gasteiger partial charge is 0.309 e. The zero-order valence-electron chi connectivity index (χ0n) is 53.9. The molecule has 0 spiro atoms. The van der Waals surface area contributed by atoms with Gasteiger partial charge in [-0.2, -0.15) is 0 Å². The summed E-state index contributed by atoms with van der Waals surface area (Å²) in [6.07, 6.45) is 14.5. The molecule has 8 unspecified atom stereocenters. The minimum Gasteiger partial charge on any atom is -0.481 e. The number of nitrogens with zero attached hydrogens (tertiary/aromatic N) is 4. The predicted octanol–water partition coefficient (Wildman–Crippen LogP) is 12.5. The van der Waals surface area contributed by atoms with Crippen molar-refractivity contribution in [1.82, 2.24) is 19.6 Å². The quantitative estimate of drug-likeness (QED) is 0.0269. The van der Waals surface area contributed by atoms with Crippen LogP contribution in [0.3, 0.4) is 0 Å². The maximum Gasteiger partial charge on any atom is 0.309 e.